The van der Waals surface area contributed by atoms with Gasteiger partial charge in [-0.2, -0.15) is 11.8 Å². The Morgan fingerprint density at radius 1 is 1.40 bits per heavy atom. The van der Waals surface area contributed by atoms with E-state index >= 15 is 0 Å². The molecule has 0 aromatic rings. The van der Waals surface area contributed by atoms with Gasteiger partial charge in [-0.3, -0.25) is 14.5 Å². The highest BCUT2D eigenvalue weighted by atomic mass is 32.2. The molecule has 0 spiro atoms. The van der Waals surface area contributed by atoms with Crippen molar-refractivity contribution in [3.63, 3.8) is 0 Å². The van der Waals surface area contributed by atoms with Crippen LogP contribution in [0.15, 0.2) is 0 Å². The predicted molar refractivity (Wildman–Crippen MR) is 57.9 cm³/mol. The van der Waals surface area contributed by atoms with Crippen LogP contribution >= 0.6 is 11.8 Å². The zero-order valence-electron chi connectivity index (χ0n) is 8.73. The summed E-state index contributed by atoms with van der Waals surface area (Å²) in [6.45, 7) is 3.11. The fourth-order valence-electron chi connectivity index (χ4n) is 2.16. The molecule has 1 heterocycles. The average Bonchev–Trinajstić information content (AvgIpc) is 2.44. The minimum absolute atomic E-state index is 0.259. The molecule has 0 aromatic heterocycles. The summed E-state index contributed by atoms with van der Waals surface area (Å²) in [5.74, 6) is 0.970. The molecule has 0 amide bonds. The van der Waals surface area contributed by atoms with Crippen LogP contribution in [0, 0.1) is 0 Å². The fraction of sp³-hybridized carbons (Fsp3) is 0.800. The molecule has 1 saturated heterocycles. The molecule has 0 bridgehead atoms. The predicted octanol–water partition coefficient (Wildman–Crippen LogP) is -0.303. The maximum absolute atomic E-state index is 11.7. The van der Waals surface area contributed by atoms with Gasteiger partial charge in [-0.25, -0.2) is 0 Å². The molecule has 1 aliphatic heterocycles. The number of rotatable bonds is 1. The molecule has 2 unspecified atom stereocenters. The van der Waals surface area contributed by atoms with Crippen molar-refractivity contribution in [1.82, 2.24) is 4.90 Å². The average molecular weight is 229 g/mol. The molecule has 5 heteroatoms. The zero-order valence-corrected chi connectivity index (χ0v) is 9.55. The third-order valence-electron chi connectivity index (χ3n) is 3.09. The second kappa shape index (κ2) is 3.88. The summed E-state index contributed by atoms with van der Waals surface area (Å²) in [5.41, 5.74) is -1.44. The van der Waals surface area contributed by atoms with Crippen LogP contribution in [0.1, 0.15) is 13.3 Å². The Labute approximate surface area is 93.0 Å². The molecule has 1 N–H and O–H groups in total. The van der Waals surface area contributed by atoms with Crippen molar-refractivity contribution in [2.24, 2.45) is 0 Å². The minimum Gasteiger partial charge on any atom is -0.382 e. The van der Waals surface area contributed by atoms with Crippen molar-refractivity contribution in [3.05, 3.63) is 0 Å². The first kappa shape index (κ1) is 11.1. The Morgan fingerprint density at radius 3 is 2.47 bits per heavy atom. The van der Waals surface area contributed by atoms with Gasteiger partial charge in [0.05, 0.1) is 6.04 Å². The van der Waals surface area contributed by atoms with E-state index in [9.17, 15) is 14.7 Å². The van der Waals surface area contributed by atoms with Gasteiger partial charge >= 0.3 is 0 Å². The van der Waals surface area contributed by atoms with Crippen molar-refractivity contribution in [1.29, 1.82) is 0 Å². The van der Waals surface area contributed by atoms with E-state index in [2.05, 4.69) is 0 Å². The Bertz CT molecular complexity index is 297. The second-order valence-corrected chi connectivity index (χ2v) is 5.56. The summed E-state index contributed by atoms with van der Waals surface area (Å²) in [5, 5.41) is 9.73. The number of hydrogen-bond acceptors (Lipinski definition) is 5. The number of thioether (sulfide) groups is 1. The highest BCUT2D eigenvalue weighted by molar-refractivity contribution is 7.99. The Hall–Kier alpha value is -0.390. The number of Topliss-reactive ketones (excluding diaryl/α,β-unsaturated/α-hetero) is 2. The molecular formula is C10H15NO3S. The summed E-state index contributed by atoms with van der Waals surface area (Å²) in [4.78, 5) is 25.1. The second-order valence-electron chi connectivity index (χ2n) is 4.34. The van der Waals surface area contributed by atoms with Crippen LogP contribution in [0.3, 0.4) is 0 Å². The third-order valence-corrected chi connectivity index (χ3v) is 4.04. The lowest BCUT2D eigenvalue weighted by Crippen LogP contribution is -2.44. The SMILES string of the molecule is CC1(O)CC(N2CCSCC2)C(=O)C1=O. The molecule has 0 aromatic carbocycles. The summed E-state index contributed by atoms with van der Waals surface area (Å²) in [6.07, 6.45) is 0.259. The van der Waals surface area contributed by atoms with E-state index < -0.39 is 17.2 Å². The van der Waals surface area contributed by atoms with E-state index in [0.29, 0.717) is 0 Å². The van der Waals surface area contributed by atoms with E-state index in [1.807, 2.05) is 16.7 Å². The molecule has 2 atom stereocenters. The molecule has 0 radical (unpaired) electrons. The summed E-state index contributed by atoms with van der Waals surface area (Å²) >= 11 is 1.86. The van der Waals surface area contributed by atoms with E-state index in [-0.39, 0.29) is 12.5 Å². The van der Waals surface area contributed by atoms with Crippen LogP contribution in [0.5, 0.6) is 0 Å². The van der Waals surface area contributed by atoms with Crippen molar-refractivity contribution >= 4 is 23.3 Å². The molecule has 2 rings (SSSR count). The van der Waals surface area contributed by atoms with Crippen molar-refractivity contribution < 1.29 is 14.7 Å². The Balaban J connectivity index is 2.11. The van der Waals surface area contributed by atoms with Gasteiger partial charge in [0.1, 0.15) is 5.60 Å². The summed E-state index contributed by atoms with van der Waals surface area (Å²) in [7, 11) is 0. The topological polar surface area (TPSA) is 57.6 Å². The van der Waals surface area contributed by atoms with Crippen molar-refractivity contribution in [3.8, 4) is 0 Å². The molecule has 1 saturated carbocycles. The molecule has 2 aliphatic rings. The smallest absolute Gasteiger partial charge is 0.231 e. The third kappa shape index (κ3) is 1.96. The van der Waals surface area contributed by atoms with Gasteiger partial charge in [0.2, 0.25) is 11.6 Å². The summed E-state index contributed by atoms with van der Waals surface area (Å²) < 4.78 is 0. The van der Waals surface area contributed by atoms with Gasteiger partial charge in [0.15, 0.2) is 0 Å². The normalized spacial score (nSPS) is 38.7. The maximum Gasteiger partial charge on any atom is 0.231 e. The van der Waals surface area contributed by atoms with Gasteiger partial charge < -0.3 is 5.11 Å². The van der Waals surface area contributed by atoms with Gasteiger partial charge in [-0.15, -0.1) is 0 Å². The van der Waals surface area contributed by atoms with Crippen molar-refractivity contribution in [2.45, 2.75) is 25.0 Å². The zero-order chi connectivity index (χ0) is 11.1. The quantitative estimate of drug-likeness (QED) is 0.625. The maximum atomic E-state index is 11.7. The van der Waals surface area contributed by atoms with Crippen LogP contribution in [0.2, 0.25) is 0 Å². The lowest BCUT2D eigenvalue weighted by Gasteiger charge is -2.30. The van der Waals surface area contributed by atoms with Crippen LogP contribution in [-0.4, -0.2) is 57.8 Å². The lowest BCUT2D eigenvalue weighted by atomic mass is 10.0. The van der Waals surface area contributed by atoms with Crippen LogP contribution in [-0.2, 0) is 9.59 Å². The lowest BCUT2D eigenvalue weighted by molar-refractivity contribution is -0.142. The fourth-order valence-corrected chi connectivity index (χ4v) is 3.09. The first-order valence-corrected chi connectivity index (χ1v) is 6.31. The molecule has 15 heavy (non-hydrogen) atoms. The molecule has 2 fully saturated rings. The highest BCUT2D eigenvalue weighted by Crippen LogP contribution is 2.28. The van der Waals surface area contributed by atoms with Crippen LogP contribution in [0.25, 0.3) is 0 Å². The van der Waals surface area contributed by atoms with Crippen LogP contribution < -0.4 is 0 Å². The number of ketones is 2. The number of aliphatic hydroxyl groups is 1. The van der Waals surface area contributed by atoms with E-state index in [0.717, 1.165) is 24.6 Å². The van der Waals surface area contributed by atoms with E-state index in [4.69, 9.17) is 0 Å². The first-order chi connectivity index (χ1) is 7.02. The monoisotopic (exact) mass is 229 g/mol. The molecule has 4 nitrogen and oxygen atoms in total. The number of carbonyl (C=O) groups excluding carboxylic acids is 2. The standard InChI is InChI=1S/C10H15NO3S/c1-10(14)6-7(8(12)9(10)13)11-2-4-15-5-3-11/h7,14H,2-6H2,1H3. The number of nitrogens with zero attached hydrogens (tertiary/aromatic N) is 1. The van der Waals surface area contributed by atoms with Gasteiger partial charge in [0, 0.05) is 31.0 Å². The molecule has 84 valence electrons. The molecular weight excluding hydrogens is 214 g/mol. The molecule has 1 aliphatic carbocycles. The van der Waals surface area contributed by atoms with E-state index in [1.54, 1.807) is 0 Å². The number of hydrogen-bond donors (Lipinski definition) is 1. The van der Waals surface area contributed by atoms with Crippen molar-refractivity contribution in [2.75, 3.05) is 24.6 Å². The number of carbonyl (C=O) groups is 2. The Morgan fingerprint density at radius 2 is 2.00 bits per heavy atom. The summed E-state index contributed by atoms with van der Waals surface area (Å²) in [6, 6.07) is -0.381. The van der Waals surface area contributed by atoms with Crippen LogP contribution in [0.4, 0.5) is 0 Å². The van der Waals surface area contributed by atoms with Gasteiger partial charge in [-0.05, 0) is 6.92 Å². The Kier molecular flexibility index (Phi) is 2.87. The largest absolute Gasteiger partial charge is 0.382 e. The highest BCUT2D eigenvalue weighted by Gasteiger charge is 2.50. The van der Waals surface area contributed by atoms with Gasteiger partial charge in [0.25, 0.3) is 0 Å². The van der Waals surface area contributed by atoms with E-state index in [1.165, 1.54) is 6.92 Å². The first-order valence-electron chi connectivity index (χ1n) is 5.15. The minimum atomic E-state index is -1.44. The van der Waals surface area contributed by atoms with Gasteiger partial charge in [-0.1, -0.05) is 0 Å².